The fourth-order valence-corrected chi connectivity index (χ4v) is 3.67. The summed E-state index contributed by atoms with van der Waals surface area (Å²) in [6.07, 6.45) is 12.0. The molecule has 3 N–H and O–H groups in total. The van der Waals surface area contributed by atoms with Gasteiger partial charge in [0.15, 0.2) is 0 Å². The number of nitrogens with zero attached hydrogens (tertiary/aromatic N) is 1. The van der Waals surface area contributed by atoms with Gasteiger partial charge in [-0.1, -0.05) is 61.6 Å². The van der Waals surface area contributed by atoms with E-state index in [4.69, 9.17) is 5.41 Å². The number of likely N-dealkylation sites (tertiary alicyclic amines) is 1. The Hall–Kier alpha value is -2.36. The monoisotopic (exact) mass is 324 g/mol. The topological polar surface area (TPSA) is 57.9 Å². The first-order chi connectivity index (χ1) is 11.6. The standard InChI is InChI=1S/C20H25N3O/c1-20(13-6-3-7-14-20)17-10-11-18(21)23(17)19(24)22-15-12-16-8-4-2-5-9-16/h2-9,13,17,21H,10-12,14-15H2,1H3,(H,22,24)/p+1/t17-,20?/m0/s1. The van der Waals surface area contributed by atoms with Gasteiger partial charge in [0.25, 0.3) is 5.84 Å². The largest absolute Gasteiger partial charge is 0.408 e. The summed E-state index contributed by atoms with van der Waals surface area (Å²) >= 11 is 0. The molecule has 1 fully saturated rings. The lowest BCUT2D eigenvalue weighted by Gasteiger charge is -2.34. The third-order valence-electron chi connectivity index (χ3n) is 5.09. The number of allylic oxidation sites excluding steroid dienone is 3. The van der Waals surface area contributed by atoms with Crippen molar-refractivity contribution < 1.29 is 10.2 Å². The Kier molecular flexibility index (Phi) is 4.84. The summed E-state index contributed by atoms with van der Waals surface area (Å²) in [4.78, 5) is 14.5. The predicted molar refractivity (Wildman–Crippen MR) is 96.3 cm³/mol. The summed E-state index contributed by atoms with van der Waals surface area (Å²) in [5, 5.41) is 9.19. The maximum Gasteiger partial charge on any atom is 0.408 e. The smallest absolute Gasteiger partial charge is 0.318 e. The first kappa shape index (κ1) is 16.5. The van der Waals surface area contributed by atoms with E-state index in [1.54, 1.807) is 4.90 Å². The van der Waals surface area contributed by atoms with Crippen molar-refractivity contribution in [2.24, 2.45) is 5.41 Å². The summed E-state index contributed by atoms with van der Waals surface area (Å²) in [5.74, 6) is 0.682. The normalized spacial score (nSPS) is 26.0. The molecule has 1 unspecified atom stereocenters. The summed E-state index contributed by atoms with van der Waals surface area (Å²) < 4.78 is 0. The minimum absolute atomic E-state index is 0.0490. The van der Waals surface area contributed by atoms with Crippen LogP contribution in [-0.2, 0) is 6.42 Å². The molecule has 3 rings (SSSR count). The van der Waals surface area contributed by atoms with Crippen molar-refractivity contribution in [1.82, 2.24) is 10.2 Å². The van der Waals surface area contributed by atoms with E-state index in [2.05, 4.69) is 48.7 Å². The van der Waals surface area contributed by atoms with Crippen molar-refractivity contribution in [3.8, 4) is 0 Å². The fourth-order valence-electron chi connectivity index (χ4n) is 3.67. The minimum Gasteiger partial charge on any atom is -0.318 e. The van der Waals surface area contributed by atoms with E-state index in [1.807, 2.05) is 18.2 Å². The molecule has 0 radical (unpaired) electrons. The number of benzene rings is 1. The zero-order valence-corrected chi connectivity index (χ0v) is 14.2. The SMILES string of the molecule is CC1([C@@H]2CCC(=[NH2+])N2C(=O)NCCc2ccccc2)C=CC=CC1. The molecule has 4 heteroatoms. The average Bonchev–Trinajstić information content (AvgIpc) is 2.99. The molecule has 4 nitrogen and oxygen atoms in total. The van der Waals surface area contributed by atoms with Crippen LogP contribution in [0.1, 0.15) is 31.7 Å². The van der Waals surface area contributed by atoms with Crippen LogP contribution in [0.5, 0.6) is 0 Å². The molecular weight excluding hydrogens is 298 g/mol. The number of urea groups is 1. The Labute approximate surface area is 143 Å². The zero-order chi connectivity index (χ0) is 17.0. The highest BCUT2D eigenvalue weighted by molar-refractivity contribution is 5.96. The number of nitrogens with two attached hydrogens (primary N) is 1. The first-order valence-corrected chi connectivity index (χ1v) is 8.67. The molecule has 0 bridgehead atoms. The Balaban J connectivity index is 1.62. The molecule has 1 heterocycles. The van der Waals surface area contributed by atoms with Gasteiger partial charge >= 0.3 is 6.03 Å². The van der Waals surface area contributed by atoms with E-state index in [0.717, 1.165) is 25.7 Å². The lowest BCUT2D eigenvalue weighted by atomic mass is 9.76. The lowest BCUT2D eigenvalue weighted by Crippen LogP contribution is -2.58. The van der Waals surface area contributed by atoms with E-state index < -0.39 is 0 Å². The number of nitrogens with one attached hydrogen (secondary N) is 1. The number of amidine groups is 1. The quantitative estimate of drug-likeness (QED) is 0.875. The molecule has 2 amide bonds. The predicted octanol–water partition coefficient (Wildman–Crippen LogP) is 2.08. The van der Waals surface area contributed by atoms with Crippen LogP contribution in [0.15, 0.2) is 54.6 Å². The molecule has 2 aliphatic rings. The highest BCUT2D eigenvalue weighted by atomic mass is 16.2. The van der Waals surface area contributed by atoms with Crippen LogP contribution < -0.4 is 10.7 Å². The summed E-state index contributed by atoms with van der Waals surface area (Å²) in [5.41, 5.74) is 1.17. The van der Waals surface area contributed by atoms with Gasteiger partial charge in [0, 0.05) is 18.4 Å². The number of hydrogen-bond acceptors (Lipinski definition) is 1. The van der Waals surface area contributed by atoms with Gasteiger partial charge in [-0.2, -0.15) is 4.90 Å². The number of carbonyl (C=O) groups is 1. The number of hydrogen-bond donors (Lipinski definition) is 2. The number of amides is 2. The molecule has 1 aliphatic heterocycles. The minimum atomic E-state index is -0.0740. The van der Waals surface area contributed by atoms with Crippen LogP contribution in [0, 0.1) is 5.41 Å². The molecule has 1 aromatic carbocycles. The van der Waals surface area contributed by atoms with Gasteiger partial charge in [0.2, 0.25) is 0 Å². The van der Waals surface area contributed by atoms with Crippen LogP contribution in [0.4, 0.5) is 4.79 Å². The molecule has 0 aromatic heterocycles. The molecule has 2 atom stereocenters. The highest BCUT2D eigenvalue weighted by Gasteiger charge is 2.49. The van der Waals surface area contributed by atoms with Crippen molar-refractivity contribution in [1.29, 1.82) is 0 Å². The van der Waals surface area contributed by atoms with Crippen molar-refractivity contribution in [3.05, 3.63) is 60.2 Å². The summed E-state index contributed by atoms with van der Waals surface area (Å²) in [6, 6.07) is 10.2. The van der Waals surface area contributed by atoms with Crippen molar-refractivity contribution in [2.45, 2.75) is 38.6 Å². The van der Waals surface area contributed by atoms with Crippen LogP contribution in [-0.4, -0.2) is 29.4 Å². The van der Waals surface area contributed by atoms with Crippen molar-refractivity contribution >= 4 is 11.9 Å². The Morgan fingerprint density at radius 3 is 2.83 bits per heavy atom. The van der Waals surface area contributed by atoms with Crippen LogP contribution >= 0.6 is 0 Å². The van der Waals surface area contributed by atoms with Gasteiger partial charge in [0.1, 0.15) is 6.04 Å². The van der Waals surface area contributed by atoms with Crippen molar-refractivity contribution in [2.75, 3.05) is 6.54 Å². The summed E-state index contributed by atoms with van der Waals surface area (Å²) in [7, 11) is 0. The Morgan fingerprint density at radius 1 is 1.33 bits per heavy atom. The van der Waals surface area contributed by atoms with E-state index in [-0.39, 0.29) is 17.5 Å². The second-order valence-electron chi connectivity index (χ2n) is 6.88. The molecule has 1 saturated heterocycles. The molecular formula is C20H26N3O+. The average molecular weight is 324 g/mol. The second-order valence-corrected chi connectivity index (χ2v) is 6.88. The molecule has 1 aliphatic carbocycles. The third-order valence-corrected chi connectivity index (χ3v) is 5.09. The number of rotatable bonds is 4. The molecule has 24 heavy (non-hydrogen) atoms. The maximum absolute atomic E-state index is 12.7. The summed E-state index contributed by atoms with van der Waals surface area (Å²) in [6.45, 7) is 2.83. The van der Waals surface area contributed by atoms with Crippen LogP contribution in [0.2, 0.25) is 0 Å². The number of carbonyl (C=O) groups excluding carboxylic acids is 1. The van der Waals surface area contributed by atoms with Gasteiger partial charge in [0.05, 0.1) is 6.42 Å². The lowest BCUT2D eigenvalue weighted by molar-refractivity contribution is -0.126. The molecule has 1 aromatic rings. The zero-order valence-electron chi connectivity index (χ0n) is 14.2. The van der Waals surface area contributed by atoms with E-state index in [9.17, 15) is 4.79 Å². The van der Waals surface area contributed by atoms with Gasteiger partial charge in [-0.3, -0.25) is 5.41 Å². The van der Waals surface area contributed by atoms with Crippen LogP contribution in [0.25, 0.3) is 0 Å². The maximum atomic E-state index is 12.7. The molecule has 126 valence electrons. The second kappa shape index (κ2) is 7.04. The van der Waals surface area contributed by atoms with Gasteiger partial charge < -0.3 is 5.32 Å². The van der Waals surface area contributed by atoms with Gasteiger partial charge in [-0.15, -0.1) is 0 Å². The first-order valence-electron chi connectivity index (χ1n) is 8.67. The molecule has 0 spiro atoms. The van der Waals surface area contributed by atoms with Gasteiger partial charge in [-0.05, 0) is 18.4 Å². The van der Waals surface area contributed by atoms with E-state index >= 15 is 0 Å². The van der Waals surface area contributed by atoms with E-state index in [0.29, 0.717) is 12.4 Å². The van der Waals surface area contributed by atoms with E-state index in [1.165, 1.54) is 5.56 Å². The fraction of sp³-hybridized carbons (Fsp3) is 0.400. The molecule has 0 saturated carbocycles. The third kappa shape index (κ3) is 3.42. The Morgan fingerprint density at radius 2 is 2.12 bits per heavy atom. The highest BCUT2D eigenvalue weighted by Crippen LogP contribution is 2.39. The van der Waals surface area contributed by atoms with Crippen molar-refractivity contribution in [3.63, 3.8) is 0 Å². The van der Waals surface area contributed by atoms with Gasteiger partial charge in [-0.25, -0.2) is 4.79 Å². The Bertz CT molecular complexity index is 665. The van der Waals surface area contributed by atoms with Crippen LogP contribution in [0.3, 0.4) is 0 Å².